The lowest BCUT2D eigenvalue weighted by Gasteiger charge is -2.57. The predicted octanol–water partition coefficient (Wildman–Crippen LogP) is 9.41. The summed E-state index contributed by atoms with van der Waals surface area (Å²) in [6.45, 7) is 11.9. The summed E-state index contributed by atoms with van der Waals surface area (Å²) in [7, 11) is -3.25. The molecule has 3 aromatic carbocycles. The van der Waals surface area contributed by atoms with Crippen LogP contribution < -0.4 is 29.1 Å². The van der Waals surface area contributed by atoms with E-state index in [1.807, 2.05) is 0 Å². The number of benzene rings is 3. The molecule has 2 aliphatic carbocycles. The van der Waals surface area contributed by atoms with Crippen LogP contribution in [0.5, 0.6) is 23.1 Å². The van der Waals surface area contributed by atoms with Crippen molar-refractivity contribution >= 4 is 44.0 Å². The molecule has 19 heteroatoms. The molecular weight excluding hydrogens is 958 g/mol. The number of methoxy groups -OCH3 is 1. The number of carbonyl (C=O) groups excluding carboxylic acids is 1. The van der Waals surface area contributed by atoms with E-state index in [1.54, 1.807) is 26.0 Å². The molecule has 3 aliphatic heterocycles. The first-order valence-corrected chi connectivity index (χ1v) is 27.1. The minimum absolute atomic E-state index is 0.0261. The molecule has 4 N–H and O–H groups in total. The van der Waals surface area contributed by atoms with Crippen LogP contribution in [0.2, 0.25) is 0 Å². The number of aliphatic hydroxyl groups is 1. The Hall–Kier alpha value is -6.02. The van der Waals surface area contributed by atoms with Crippen LogP contribution in [0.1, 0.15) is 119 Å². The van der Waals surface area contributed by atoms with Crippen molar-refractivity contribution in [1.29, 1.82) is 0 Å². The van der Waals surface area contributed by atoms with Crippen molar-refractivity contribution in [2.24, 2.45) is 11.3 Å². The molecular formula is C54H66FN7O10S. The maximum Gasteiger partial charge on any atom is 0.297 e. The molecule has 73 heavy (non-hydrogen) atoms. The molecule has 17 nitrogen and oxygen atoms in total. The average molecular weight is 1020 g/mol. The molecule has 2 saturated heterocycles. The first-order chi connectivity index (χ1) is 34.9. The number of sulfonamides is 1. The van der Waals surface area contributed by atoms with Gasteiger partial charge < -0.3 is 39.3 Å². The lowest BCUT2D eigenvalue weighted by Crippen LogP contribution is -2.63. The van der Waals surface area contributed by atoms with Crippen LogP contribution in [-0.4, -0.2) is 110 Å². The van der Waals surface area contributed by atoms with Gasteiger partial charge in [0.15, 0.2) is 17.2 Å². The fraction of sp³-hybridized carbons (Fsp3) is 0.519. The van der Waals surface area contributed by atoms with E-state index in [9.17, 15) is 28.4 Å². The number of nitrogens with zero attached hydrogens (tertiary/aromatic N) is 4. The molecule has 0 unspecified atom stereocenters. The number of aromatic nitrogens is 2. The molecule has 390 valence electrons. The van der Waals surface area contributed by atoms with Crippen LogP contribution >= 0.6 is 0 Å². The Morgan fingerprint density at radius 1 is 1.03 bits per heavy atom. The van der Waals surface area contributed by atoms with Crippen molar-refractivity contribution in [3.05, 3.63) is 99.5 Å². The summed E-state index contributed by atoms with van der Waals surface area (Å²) < 4.78 is 69.4. The number of nitrogens with one attached hydrogen (secondary N) is 3. The topological polar surface area (TPSA) is 211 Å². The van der Waals surface area contributed by atoms with Crippen molar-refractivity contribution < 1.29 is 46.6 Å². The third-order valence-electron chi connectivity index (χ3n) is 16.3. The number of piperidine rings is 1. The number of halogens is 1. The number of H-pyrrole nitrogens is 1. The van der Waals surface area contributed by atoms with Gasteiger partial charge in [-0.25, -0.2) is 17.5 Å². The zero-order valence-electron chi connectivity index (χ0n) is 42.1. The highest BCUT2D eigenvalue weighted by atomic mass is 32.2. The van der Waals surface area contributed by atoms with Crippen LogP contribution in [0.4, 0.5) is 21.5 Å². The number of fused-ring (bicyclic) bond motifs is 2. The average Bonchev–Trinajstić information content (AvgIpc) is 4.00. The molecule has 0 bridgehead atoms. The summed E-state index contributed by atoms with van der Waals surface area (Å²) in [5.41, 5.74) is 2.60. The predicted molar refractivity (Wildman–Crippen MR) is 274 cm³/mol. The number of anilines is 2. The Kier molecular flexibility index (Phi) is 13.8. The summed E-state index contributed by atoms with van der Waals surface area (Å²) in [6, 6.07) is 17.5. The number of ether oxygens (including phenoxy) is 4. The Morgan fingerprint density at radius 2 is 1.78 bits per heavy atom. The summed E-state index contributed by atoms with van der Waals surface area (Å²) in [4.78, 5) is 37.8. The second-order valence-corrected chi connectivity index (χ2v) is 23.3. The summed E-state index contributed by atoms with van der Waals surface area (Å²) in [5.74, 6) is -0.777. The molecule has 10 rings (SSSR count). The van der Waals surface area contributed by atoms with E-state index in [4.69, 9.17) is 18.9 Å². The minimum Gasteiger partial charge on any atom is -0.489 e. The van der Waals surface area contributed by atoms with E-state index in [0.717, 1.165) is 63.0 Å². The Morgan fingerprint density at radius 3 is 2.51 bits per heavy atom. The highest BCUT2D eigenvalue weighted by Crippen LogP contribution is 2.50. The van der Waals surface area contributed by atoms with Gasteiger partial charge >= 0.3 is 0 Å². The molecule has 5 heterocycles. The van der Waals surface area contributed by atoms with Crippen molar-refractivity contribution in [2.45, 2.75) is 126 Å². The smallest absolute Gasteiger partial charge is 0.297 e. The maximum atomic E-state index is 15.1. The number of carbonyl (C=O) groups is 1. The van der Waals surface area contributed by atoms with Gasteiger partial charge in [0.1, 0.15) is 30.4 Å². The number of hydrogen-bond donors (Lipinski definition) is 4. The van der Waals surface area contributed by atoms with Crippen molar-refractivity contribution in [3.8, 4) is 23.1 Å². The van der Waals surface area contributed by atoms with Gasteiger partial charge in [-0.3, -0.25) is 19.8 Å². The molecule has 5 aliphatic rings. The molecule has 4 atom stereocenters. The van der Waals surface area contributed by atoms with Crippen molar-refractivity contribution in [3.63, 3.8) is 0 Å². The van der Waals surface area contributed by atoms with E-state index in [0.29, 0.717) is 43.6 Å². The van der Waals surface area contributed by atoms with Crippen LogP contribution in [0.3, 0.4) is 0 Å². The zero-order chi connectivity index (χ0) is 51.4. The zero-order valence-corrected chi connectivity index (χ0v) is 42.9. The Labute approximate surface area is 425 Å². The molecule has 2 aromatic heterocycles. The van der Waals surface area contributed by atoms with Gasteiger partial charge in [-0.15, -0.1) is 0 Å². The second-order valence-electron chi connectivity index (χ2n) is 21.6. The fourth-order valence-corrected chi connectivity index (χ4v) is 12.9. The van der Waals surface area contributed by atoms with E-state index in [1.165, 1.54) is 49.6 Å². The van der Waals surface area contributed by atoms with Gasteiger partial charge in [0, 0.05) is 75.5 Å². The normalized spacial score (nSPS) is 24.4. The maximum absolute atomic E-state index is 15.1. The number of nitro groups is 1. The van der Waals surface area contributed by atoms with Crippen LogP contribution in [0, 0.1) is 27.3 Å². The van der Waals surface area contributed by atoms with E-state index in [-0.39, 0.29) is 82.1 Å². The van der Waals surface area contributed by atoms with Crippen LogP contribution in [0.15, 0.2) is 71.8 Å². The molecule has 1 amide bonds. The van der Waals surface area contributed by atoms with E-state index < -0.39 is 42.9 Å². The molecule has 2 saturated carbocycles. The largest absolute Gasteiger partial charge is 0.489 e. The lowest BCUT2D eigenvalue weighted by atomic mass is 9.70. The molecule has 0 radical (unpaired) electrons. The number of aromatic amines is 1. The second kappa shape index (κ2) is 20.0. The lowest BCUT2D eigenvalue weighted by molar-refractivity contribution is -0.384. The Balaban J connectivity index is 0.904. The molecule has 1 spiro atoms. The van der Waals surface area contributed by atoms with Gasteiger partial charge in [0.05, 0.1) is 38.5 Å². The Bertz CT molecular complexity index is 2990. The number of pyridine rings is 1. The highest BCUT2D eigenvalue weighted by molar-refractivity contribution is 7.90. The van der Waals surface area contributed by atoms with E-state index >= 15 is 4.39 Å². The highest BCUT2D eigenvalue weighted by Gasteiger charge is 2.49. The number of rotatable bonds is 15. The van der Waals surface area contributed by atoms with Crippen molar-refractivity contribution in [2.75, 3.05) is 56.7 Å². The first-order valence-electron chi connectivity index (χ1n) is 25.6. The number of likely N-dealkylation sites (tertiary alicyclic amines) is 1. The van der Waals surface area contributed by atoms with Gasteiger partial charge in [-0.05, 0) is 112 Å². The fourth-order valence-electron chi connectivity index (χ4n) is 11.9. The van der Waals surface area contributed by atoms with Gasteiger partial charge in [-0.2, -0.15) is 4.98 Å². The summed E-state index contributed by atoms with van der Waals surface area (Å²) >= 11 is 0. The standard InChI is InChI=1S/C54H66FN7O10S/c1-32(2)37-9-6-7-10-38(37)39-11-8-12-44(39)61-30-54(31-61)19-21-60(22-20-54)35-13-14-40(46(23-35)72-48-26-41-42(55)27-56-50(41)58-52(48)71-28-33(3)69-5)51(63)59-73(67,68)36-24-45(62(65)66)49-47(25-36)70-29-43(57-49)34-15-17-53(4,64)18-16-34/h6-7,9-10,13-14,23-27,32-34,39,43-44,57,64H,8,11-12,15-22,28-31H2,1-5H3,(H,56,58)(H,59,63)/t33-,34-,39+,43-,44+,53-/m1/s1. The minimum atomic E-state index is -4.78. The van der Waals surface area contributed by atoms with Crippen LogP contribution in [-0.2, 0) is 14.8 Å². The SMILES string of the molecule is CO[C@H](C)COc1nc2[nH]cc(F)c2cc1Oc1cc(N2CCC3(CC2)CN([C@H]2CCC[C@H]2c2ccccc2C(C)C)C3)ccc1C(=O)NS(=O)(=O)c1cc2c(c([N+](=O)[O-])c1)N[C@@H]([C@H]1CC[C@](C)(O)CC1)CO2. The number of nitro benzene ring substituents is 1. The number of hydrogen-bond acceptors (Lipinski definition) is 14. The van der Waals surface area contributed by atoms with Crippen LogP contribution in [0.25, 0.3) is 11.0 Å². The van der Waals surface area contributed by atoms with Gasteiger partial charge in [0.25, 0.3) is 27.5 Å². The quantitative estimate of drug-likeness (QED) is 0.0569. The molecule has 5 aromatic rings. The number of amides is 1. The summed E-state index contributed by atoms with van der Waals surface area (Å²) in [6.07, 6.45) is 8.87. The summed E-state index contributed by atoms with van der Waals surface area (Å²) in [5, 5.41) is 26.3. The van der Waals surface area contributed by atoms with Gasteiger partial charge in [0.2, 0.25) is 0 Å². The first kappa shape index (κ1) is 50.5. The van der Waals surface area contributed by atoms with E-state index in [2.05, 4.69) is 67.9 Å². The third kappa shape index (κ3) is 10.3. The molecule has 4 fully saturated rings. The van der Waals surface area contributed by atoms with Gasteiger partial charge in [-0.1, -0.05) is 44.5 Å². The monoisotopic (exact) mass is 1020 g/mol. The third-order valence-corrected chi connectivity index (χ3v) is 17.6. The van der Waals surface area contributed by atoms with Crippen molar-refractivity contribution in [1.82, 2.24) is 19.6 Å².